The van der Waals surface area contributed by atoms with Gasteiger partial charge in [-0.1, -0.05) is 23.7 Å². The molecule has 1 fully saturated rings. The summed E-state index contributed by atoms with van der Waals surface area (Å²) in [6.07, 6.45) is 4.60. The van der Waals surface area contributed by atoms with Crippen LogP contribution < -0.4 is 0 Å². The van der Waals surface area contributed by atoms with Gasteiger partial charge in [-0.05, 0) is 55.9 Å². The molecule has 1 aliphatic heterocycles. The molecular weight excluding hydrogens is 404 g/mol. The molecule has 3 aromatic rings. The molecule has 5 rings (SSSR count). The highest BCUT2D eigenvalue weighted by Crippen LogP contribution is 2.43. The number of aromatic nitrogens is 1. The molecule has 0 unspecified atom stereocenters. The van der Waals surface area contributed by atoms with Gasteiger partial charge < -0.3 is 9.64 Å². The first kappa shape index (κ1) is 19.0. The van der Waals surface area contributed by atoms with Crippen LogP contribution in [0.2, 0.25) is 5.02 Å². The van der Waals surface area contributed by atoms with Crippen LogP contribution in [0.1, 0.15) is 39.3 Å². The number of halogens is 1. The largest absolute Gasteiger partial charge is 0.378 e. The van der Waals surface area contributed by atoms with E-state index in [4.69, 9.17) is 21.3 Å². The molecule has 0 N–H and O–H groups in total. The second-order valence-electron chi connectivity index (χ2n) is 7.75. The fourth-order valence-electron chi connectivity index (χ4n) is 4.49. The van der Waals surface area contributed by atoms with Crippen LogP contribution in [0.3, 0.4) is 0 Å². The molecule has 1 aliphatic carbocycles. The molecule has 4 nitrogen and oxygen atoms in total. The number of rotatable bonds is 2. The highest BCUT2D eigenvalue weighted by atomic mass is 35.5. The lowest BCUT2D eigenvalue weighted by Gasteiger charge is -2.28. The Hall–Kier alpha value is -1.95. The van der Waals surface area contributed by atoms with Crippen molar-refractivity contribution in [3.8, 4) is 11.1 Å². The van der Waals surface area contributed by atoms with E-state index < -0.39 is 0 Å². The van der Waals surface area contributed by atoms with Crippen molar-refractivity contribution in [3.05, 3.63) is 51.0 Å². The molecule has 2 aliphatic rings. The van der Waals surface area contributed by atoms with Crippen molar-refractivity contribution < 1.29 is 9.53 Å². The molecule has 3 heterocycles. The molecule has 1 amide bonds. The minimum atomic E-state index is 0.0564. The zero-order valence-corrected chi connectivity index (χ0v) is 18.0. The lowest BCUT2D eigenvalue weighted by molar-refractivity contribution is 0.0302. The van der Waals surface area contributed by atoms with Crippen LogP contribution in [-0.4, -0.2) is 42.1 Å². The normalized spacial score (nSPS) is 16.8. The van der Waals surface area contributed by atoms with Crippen LogP contribution >= 0.6 is 22.9 Å². The molecule has 1 saturated heterocycles. The SMILES string of the molecule is Cc1nc2sc3c(c2c(-c2ccc(Cl)cc2)c1C(=O)N1CCOCC1)CCCC3. The molecule has 0 saturated carbocycles. The lowest BCUT2D eigenvalue weighted by atomic mass is 9.89. The molecule has 2 aromatic heterocycles. The molecule has 6 heteroatoms. The molecule has 0 bridgehead atoms. The number of morpholine rings is 1. The molecule has 150 valence electrons. The predicted octanol–water partition coefficient (Wildman–Crippen LogP) is 5.28. The Kier molecular flexibility index (Phi) is 5.06. The minimum Gasteiger partial charge on any atom is -0.378 e. The smallest absolute Gasteiger partial charge is 0.256 e. The first-order valence-electron chi connectivity index (χ1n) is 10.2. The van der Waals surface area contributed by atoms with E-state index in [0.717, 1.165) is 40.1 Å². The van der Waals surface area contributed by atoms with Crippen LogP contribution in [0.5, 0.6) is 0 Å². The average molecular weight is 427 g/mol. The minimum absolute atomic E-state index is 0.0564. The van der Waals surface area contributed by atoms with Gasteiger partial charge in [0.05, 0.1) is 24.5 Å². The van der Waals surface area contributed by atoms with Crippen molar-refractivity contribution in [2.75, 3.05) is 26.3 Å². The van der Waals surface area contributed by atoms with Gasteiger partial charge in [-0.15, -0.1) is 11.3 Å². The predicted molar refractivity (Wildman–Crippen MR) is 118 cm³/mol. The summed E-state index contributed by atoms with van der Waals surface area (Å²) in [6, 6.07) is 7.86. The molecule has 0 spiro atoms. The topological polar surface area (TPSA) is 42.4 Å². The van der Waals surface area contributed by atoms with Gasteiger partial charge in [-0.25, -0.2) is 4.98 Å². The van der Waals surface area contributed by atoms with Gasteiger partial charge in [0.15, 0.2) is 0 Å². The summed E-state index contributed by atoms with van der Waals surface area (Å²) in [4.78, 5) is 22.9. The number of hydrogen-bond acceptors (Lipinski definition) is 4. The van der Waals surface area contributed by atoms with E-state index in [1.165, 1.54) is 28.7 Å². The maximum atomic E-state index is 13.6. The second kappa shape index (κ2) is 7.71. The number of benzene rings is 1. The van der Waals surface area contributed by atoms with Gasteiger partial charge in [0.1, 0.15) is 4.83 Å². The van der Waals surface area contributed by atoms with Gasteiger partial charge in [-0.3, -0.25) is 4.79 Å². The summed E-state index contributed by atoms with van der Waals surface area (Å²) in [7, 11) is 0. The number of amides is 1. The van der Waals surface area contributed by atoms with E-state index in [0.29, 0.717) is 31.3 Å². The molecule has 29 heavy (non-hydrogen) atoms. The first-order valence-corrected chi connectivity index (χ1v) is 11.4. The zero-order chi connectivity index (χ0) is 20.0. The maximum Gasteiger partial charge on any atom is 0.256 e. The summed E-state index contributed by atoms with van der Waals surface area (Å²) in [6.45, 7) is 4.39. The Balaban J connectivity index is 1.78. The highest BCUT2D eigenvalue weighted by Gasteiger charge is 2.29. The number of aryl methyl sites for hydroxylation is 3. The van der Waals surface area contributed by atoms with Gasteiger partial charge in [0.25, 0.3) is 5.91 Å². The third-order valence-corrected chi connectivity index (χ3v) is 7.37. The Morgan fingerprint density at radius 1 is 1.14 bits per heavy atom. The Labute approximate surface area is 179 Å². The highest BCUT2D eigenvalue weighted by molar-refractivity contribution is 7.19. The fraction of sp³-hybridized carbons (Fsp3) is 0.391. The summed E-state index contributed by atoms with van der Waals surface area (Å²) in [5.74, 6) is 0.0564. The van der Waals surface area contributed by atoms with E-state index in [-0.39, 0.29) is 5.91 Å². The number of carbonyl (C=O) groups excluding carboxylic acids is 1. The Morgan fingerprint density at radius 3 is 2.62 bits per heavy atom. The number of fused-ring (bicyclic) bond motifs is 3. The van der Waals surface area contributed by atoms with Gasteiger partial charge >= 0.3 is 0 Å². The zero-order valence-electron chi connectivity index (χ0n) is 16.5. The summed E-state index contributed by atoms with van der Waals surface area (Å²) < 4.78 is 5.45. The van der Waals surface area contributed by atoms with E-state index in [1.54, 1.807) is 11.3 Å². The Bertz CT molecular complexity index is 1080. The number of hydrogen-bond donors (Lipinski definition) is 0. The van der Waals surface area contributed by atoms with Crippen LogP contribution in [0.25, 0.3) is 21.3 Å². The molecule has 0 atom stereocenters. The Morgan fingerprint density at radius 2 is 1.86 bits per heavy atom. The van der Waals surface area contributed by atoms with E-state index in [9.17, 15) is 4.79 Å². The van der Waals surface area contributed by atoms with E-state index in [1.807, 2.05) is 36.1 Å². The van der Waals surface area contributed by atoms with Crippen molar-refractivity contribution >= 4 is 39.1 Å². The first-order chi connectivity index (χ1) is 14.1. The van der Waals surface area contributed by atoms with Crippen LogP contribution in [-0.2, 0) is 17.6 Å². The molecular formula is C23H23ClN2O2S. The van der Waals surface area contributed by atoms with Crippen molar-refractivity contribution in [2.45, 2.75) is 32.6 Å². The number of carbonyl (C=O) groups is 1. The van der Waals surface area contributed by atoms with Crippen molar-refractivity contribution in [1.82, 2.24) is 9.88 Å². The summed E-state index contributed by atoms with van der Waals surface area (Å²) in [5, 5.41) is 1.87. The second-order valence-corrected chi connectivity index (χ2v) is 9.27. The number of ether oxygens (including phenoxy) is 1. The number of thiophene rings is 1. The lowest BCUT2D eigenvalue weighted by Crippen LogP contribution is -2.41. The van der Waals surface area contributed by atoms with Crippen LogP contribution in [0.4, 0.5) is 0 Å². The summed E-state index contributed by atoms with van der Waals surface area (Å²) in [5.41, 5.74) is 4.99. The van der Waals surface area contributed by atoms with E-state index >= 15 is 0 Å². The van der Waals surface area contributed by atoms with Crippen LogP contribution in [0, 0.1) is 6.92 Å². The number of nitrogens with zero attached hydrogens (tertiary/aromatic N) is 2. The third-order valence-electron chi connectivity index (χ3n) is 5.93. The average Bonchev–Trinajstić information content (AvgIpc) is 3.11. The molecule has 0 radical (unpaired) electrons. The van der Waals surface area contributed by atoms with Gasteiger partial charge in [0.2, 0.25) is 0 Å². The van der Waals surface area contributed by atoms with Crippen molar-refractivity contribution in [1.29, 1.82) is 0 Å². The van der Waals surface area contributed by atoms with E-state index in [2.05, 4.69) is 0 Å². The maximum absolute atomic E-state index is 13.6. The number of pyridine rings is 1. The van der Waals surface area contributed by atoms with Crippen molar-refractivity contribution in [2.24, 2.45) is 0 Å². The van der Waals surface area contributed by atoms with Crippen LogP contribution in [0.15, 0.2) is 24.3 Å². The van der Waals surface area contributed by atoms with Gasteiger partial charge in [0, 0.05) is 33.9 Å². The molecule has 1 aromatic carbocycles. The van der Waals surface area contributed by atoms with Crippen molar-refractivity contribution in [3.63, 3.8) is 0 Å². The van der Waals surface area contributed by atoms with Gasteiger partial charge in [-0.2, -0.15) is 0 Å². The fourth-order valence-corrected chi connectivity index (χ4v) is 5.94. The summed E-state index contributed by atoms with van der Waals surface area (Å²) >= 11 is 7.97. The third kappa shape index (κ3) is 3.35. The standard InChI is InChI=1S/C23H23ClN2O2S/c1-14-19(23(27)26-10-12-28-13-11-26)20(15-6-8-16(24)9-7-15)21-17-4-2-3-5-18(17)29-22(21)25-14/h6-9H,2-5,10-13H2,1H3. The monoisotopic (exact) mass is 426 g/mol. The quantitative estimate of drug-likeness (QED) is 0.560.